The number of hydrogen-bond donors (Lipinski definition) is 2. The molecule has 0 bridgehead atoms. The zero-order chi connectivity index (χ0) is 15.3. The molecule has 0 aliphatic heterocycles. The van der Waals surface area contributed by atoms with Crippen LogP contribution in [0.5, 0.6) is 0 Å². The van der Waals surface area contributed by atoms with E-state index in [0.29, 0.717) is 16.4 Å². The number of sulfone groups is 1. The fourth-order valence-corrected chi connectivity index (χ4v) is 3.50. The van der Waals surface area contributed by atoms with E-state index in [-0.39, 0.29) is 11.7 Å². The summed E-state index contributed by atoms with van der Waals surface area (Å²) in [5, 5.41) is 2.88. The lowest BCUT2D eigenvalue weighted by Gasteiger charge is -2.11. The van der Waals surface area contributed by atoms with Crippen molar-refractivity contribution in [3.63, 3.8) is 0 Å². The number of rotatable bonds is 6. The number of nitrogens with one attached hydrogen (secondary N) is 1. The number of carbonyl (C=O) groups excluding carboxylic acids is 1. The number of anilines is 2. The molecule has 1 atom stereocenters. The lowest BCUT2D eigenvalue weighted by atomic mass is 10.2. The van der Waals surface area contributed by atoms with Gasteiger partial charge in [0.05, 0.1) is 17.1 Å². The smallest absolute Gasteiger partial charge is 0.239 e. The lowest BCUT2D eigenvalue weighted by Crippen LogP contribution is -2.27. The van der Waals surface area contributed by atoms with Gasteiger partial charge in [-0.15, -0.1) is 0 Å². The average Bonchev–Trinajstić information content (AvgIpc) is 2.32. The van der Waals surface area contributed by atoms with Gasteiger partial charge in [-0.1, -0.05) is 31.9 Å². The van der Waals surface area contributed by atoms with Gasteiger partial charge in [-0.3, -0.25) is 4.79 Å². The number of nitrogens with two attached hydrogens (primary N) is 1. The zero-order valence-corrected chi connectivity index (χ0v) is 13.1. The van der Waals surface area contributed by atoms with Crippen LogP contribution in [-0.4, -0.2) is 25.8 Å². The molecule has 0 heterocycles. The Morgan fingerprint density at radius 1 is 1.45 bits per heavy atom. The molecule has 7 heteroatoms. The molecule has 20 heavy (non-hydrogen) atoms. The molecule has 0 aromatic heterocycles. The van der Waals surface area contributed by atoms with E-state index in [9.17, 15) is 13.2 Å². The molecule has 0 aliphatic rings. The molecule has 3 N–H and O–H groups in total. The maximum Gasteiger partial charge on any atom is 0.239 e. The Morgan fingerprint density at radius 2 is 2.10 bits per heavy atom. The van der Waals surface area contributed by atoms with Crippen LogP contribution in [0.4, 0.5) is 11.4 Å². The van der Waals surface area contributed by atoms with Crippen molar-refractivity contribution >= 4 is 38.7 Å². The summed E-state index contributed by atoms with van der Waals surface area (Å²) < 4.78 is 23.7. The maximum atomic E-state index is 11.8. The van der Waals surface area contributed by atoms with Crippen LogP contribution >= 0.6 is 11.6 Å². The molecule has 1 unspecified atom stereocenters. The normalized spacial score (nSPS) is 12.9. The summed E-state index contributed by atoms with van der Waals surface area (Å²) >= 11 is 5.80. The zero-order valence-electron chi connectivity index (χ0n) is 11.5. The lowest BCUT2D eigenvalue weighted by molar-refractivity contribution is -0.113. The van der Waals surface area contributed by atoms with E-state index in [1.807, 2.05) is 13.8 Å². The van der Waals surface area contributed by atoms with Crippen molar-refractivity contribution in [3.8, 4) is 0 Å². The van der Waals surface area contributed by atoms with Crippen LogP contribution in [0.25, 0.3) is 0 Å². The molecule has 1 rings (SSSR count). The second-order valence-corrected chi connectivity index (χ2v) is 7.39. The summed E-state index contributed by atoms with van der Waals surface area (Å²) in [5.41, 5.74) is 6.34. The number of hydrogen-bond acceptors (Lipinski definition) is 4. The molecule has 0 saturated carbocycles. The van der Waals surface area contributed by atoms with Crippen LogP contribution in [0, 0.1) is 5.92 Å². The summed E-state index contributed by atoms with van der Waals surface area (Å²) in [5.74, 6) is -1.13. The first-order valence-corrected chi connectivity index (χ1v) is 8.48. The number of halogens is 1. The van der Waals surface area contributed by atoms with Crippen LogP contribution < -0.4 is 11.1 Å². The predicted octanol–water partition coefficient (Wildman–Crippen LogP) is 2.32. The molecule has 1 aromatic carbocycles. The molecule has 0 radical (unpaired) electrons. The fourth-order valence-electron chi connectivity index (χ4n) is 1.63. The van der Waals surface area contributed by atoms with E-state index in [0.717, 1.165) is 6.42 Å². The van der Waals surface area contributed by atoms with Crippen LogP contribution in [0.3, 0.4) is 0 Å². The number of amides is 1. The van der Waals surface area contributed by atoms with Gasteiger partial charge in [0.15, 0.2) is 9.84 Å². The third-order valence-electron chi connectivity index (χ3n) is 2.88. The number of nitrogen functional groups attached to an aromatic ring is 1. The summed E-state index contributed by atoms with van der Waals surface area (Å²) in [6.07, 6.45) is 0.752. The SMILES string of the molecule is CCC(C)CS(=O)(=O)CC(=O)Nc1cc(Cl)ccc1N. The van der Waals surface area contributed by atoms with Crippen molar-refractivity contribution in [2.45, 2.75) is 20.3 Å². The van der Waals surface area contributed by atoms with E-state index in [1.54, 1.807) is 12.1 Å². The standard InChI is InChI=1S/C13H19ClN2O3S/c1-3-9(2)7-20(18,19)8-13(17)16-12-6-10(14)4-5-11(12)15/h4-6,9H,3,7-8,15H2,1-2H3,(H,16,17). The van der Waals surface area contributed by atoms with E-state index in [2.05, 4.69) is 5.32 Å². The molecule has 0 saturated heterocycles. The van der Waals surface area contributed by atoms with Crippen molar-refractivity contribution in [1.82, 2.24) is 0 Å². The van der Waals surface area contributed by atoms with Gasteiger partial charge in [0.25, 0.3) is 0 Å². The summed E-state index contributed by atoms with van der Waals surface area (Å²) in [6.45, 7) is 3.75. The largest absolute Gasteiger partial charge is 0.397 e. The molecule has 1 amide bonds. The second-order valence-electron chi connectivity index (χ2n) is 4.85. The third kappa shape index (κ3) is 5.38. The molecule has 0 spiro atoms. The molecule has 5 nitrogen and oxygen atoms in total. The van der Waals surface area contributed by atoms with Crippen molar-refractivity contribution in [1.29, 1.82) is 0 Å². The van der Waals surface area contributed by atoms with Gasteiger partial charge in [-0.25, -0.2) is 8.42 Å². The van der Waals surface area contributed by atoms with E-state index >= 15 is 0 Å². The Labute approximate surface area is 124 Å². The highest BCUT2D eigenvalue weighted by atomic mass is 35.5. The Balaban J connectivity index is 2.70. The molecule has 0 fully saturated rings. The van der Waals surface area contributed by atoms with Crippen LogP contribution in [0.15, 0.2) is 18.2 Å². The first kappa shape index (κ1) is 16.8. The van der Waals surface area contributed by atoms with Crippen molar-refractivity contribution in [3.05, 3.63) is 23.2 Å². The van der Waals surface area contributed by atoms with E-state index < -0.39 is 21.5 Å². The Kier molecular flexibility index (Phi) is 5.83. The Hall–Kier alpha value is -1.27. The van der Waals surface area contributed by atoms with Gasteiger partial charge in [0.2, 0.25) is 5.91 Å². The minimum Gasteiger partial charge on any atom is -0.397 e. The first-order valence-electron chi connectivity index (χ1n) is 6.29. The highest BCUT2D eigenvalue weighted by Crippen LogP contribution is 2.22. The van der Waals surface area contributed by atoms with Crippen molar-refractivity contribution < 1.29 is 13.2 Å². The fraction of sp³-hybridized carbons (Fsp3) is 0.462. The molecule has 0 aliphatic carbocycles. The van der Waals surface area contributed by atoms with Gasteiger partial charge in [-0.2, -0.15) is 0 Å². The molecule has 1 aromatic rings. The third-order valence-corrected chi connectivity index (χ3v) is 4.89. The van der Waals surface area contributed by atoms with Crippen LogP contribution in [0.2, 0.25) is 5.02 Å². The molecule has 112 valence electrons. The second kappa shape index (κ2) is 6.95. The van der Waals surface area contributed by atoms with Crippen LogP contribution in [0.1, 0.15) is 20.3 Å². The van der Waals surface area contributed by atoms with Crippen LogP contribution in [-0.2, 0) is 14.6 Å². The maximum absolute atomic E-state index is 11.8. The van der Waals surface area contributed by atoms with Crippen molar-refractivity contribution in [2.75, 3.05) is 22.6 Å². The summed E-state index contributed by atoms with van der Waals surface area (Å²) in [4.78, 5) is 11.8. The van der Waals surface area contributed by atoms with Gasteiger partial charge in [0.1, 0.15) is 5.75 Å². The highest BCUT2D eigenvalue weighted by molar-refractivity contribution is 7.92. The van der Waals surface area contributed by atoms with E-state index in [1.165, 1.54) is 6.07 Å². The summed E-state index contributed by atoms with van der Waals surface area (Å²) in [7, 11) is -3.42. The number of benzene rings is 1. The Morgan fingerprint density at radius 3 is 2.70 bits per heavy atom. The molecular formula is C13H19ClN2O3S. The highest BCUT2D eigenvalue weighted by Gasteiger charge is 2.19. The predicted molar refractivity (Wildman–Crippen MR) is 82.6 cm³/mol. The van der Waals surface area contributed by atoms with Crippen molar-refractivity contribution in [2.24, 2.45) is 5.92 Å². The summed E-state index contributed by atoms with van der Waals surface area (Å²) in [6, 6.07) is 4.62. The minimum absolute atomic E-state index is 0.00193. The van der Waals surface area contributed by atoms with Gasteiger partial charge in [-0.05, 0) is 24.1 Å². The first-order chi connectivity index (χ1) is 9.23. The minimum atomic E-state index is -3.42. The monoisotopic (exact) mass is 318 g/mol. The van der Waals surface area contributed by atoms with E-state index in [4.69, 9.17) is 17.3 Å². The van der Waals surface area contributed by atoms with Gasteiger partial charge in [0, 0.05) is 5.02 Å². The quantitative estimate of drug-likeness (QED) is 0.788. The number of carbonyl (C=O) groups is 1. The Bertz CT molecular complexity index is 587. The average molecular weight is 319 g/mol. The van der Waals surface area contributed by atoms with Gasteiger partial charge < -0.3 is 11.1 Å². The van der Waals surface area contributed by atoms with Gasteiger partial charge >= 0.3 is 0 Å². The molecular weight excluding hydrogens is 300 g/mol. The topological polar surface area (TPSA) is 89.3 Å².